The molecule has 0 aliphatic carbocycles. The van der Waals surface area contributed by atoms with Gasteiger partial charge in [-0.2, -0.15) is 0 Å². The summed E-state index contributed by atoms with van der Waals surface area (Å²) >= 11 is 24.0. The van der Waals surface area contributed by atoms with E-state index < -0.39 is 0 Å². The Morgan fingerprint density at radius 2 is 1.15 bits per heavy atom. The highest BCUT2D eigenvalue weighted by atomic mass is 35.5. The van der Waals surface area contributed by atoms with Crippen LogP contribution in [0.4, 0.5) is 11.4 Å². The van der Waals surface area contributed by atoms with Crippen molar-refractivity contribution >= 4 is 63.7 Å². The summed E-state index contributed by atoms with van der Waals surface area (Å²) < 4.78 is 17.2. The van der Waals surface area contributed by atoms with Gasteiger partial charge in [-0.05, 0) is 97.8 Å². The third-order valence-electron chi connectivity index (χ3n) is 5.73. The van der Waals surface area contributed by atoms with Crippen molar-refractivity contribution in [1.29, 1.82) is 0 Å². The molecule has 0 bridgehead atoms. The number of hydrogen-bond acceptors (Lipinski definition) is 5. The van der Waals surface area contributed by atoms with Crippen LogP contribution < -0.4 is 24.8 Å². The van der Waals surface area contributed by atoms with Crippen LogP contribution in [-0.2, 0) is 4.79 Å². The fourth-order valence-corrected chi connectivity index (χ4v) is 4.62. The number of amides is 1. The number of nitrogens with one attached hydrogen (secondary N) is 2. The molecule has 0 spiro atoms. The Kier molecular flexibility index (Phi) is 11.7. The van der Waals surface area contributed by atoms with E-state index in [1.54, 1.807) is 60.7 Å². The molecule has 0 radical (unpaired) electrons. The van der Waals surface area contributed by atoms with Gasteiger partial charge >= 0.3 is 0 Å². The number of carbonyl (C=O) groups is 1. The average Bonchev–Trinajstić information content (AvgIpc) is 2.95. The van der Waals surface area contributed by atoms with E-state index in [2.05, 4.69) is 10.6 Å². The molecule has 214 valence electrons. The van der Waals surface area contributed by atoms with E-state index in [1.165, 1.54) is 0 Å². The summed E-state index contributed by atoms with van der Waals surface area (Å²) in [6.07, 6.45) is 1.66. The highest BCUT2D eigenvalue weighted by Crippen LogP contribution is 2.29. The molecule has 10 heteroatoms. The van der Waals surface area contributed by atoms with E-state index in [0.29, 0.717) is 74.8 Å². The molecule has 2 N–H and O–H groups in total. The van der Waals surface area contributed by atoms with Crippen molar-refractivity contribution < 1.29 is 19.0 Å². The highest BCUT2D eigenvalue weighted by molar-refractivity contribution is 6.36. The third-order valence-corrected chi connectivity index (χ3v) is 6.79. The molecule has 6 nitrogen and oxygen atoms in total. The lowest BCUT2D eigenvalue weighted by Crippen LogP contribution is -2.12. The molecule has 0 saturated carbocycles. The van der Waals surface area contributed by atoms with Gasteiger partial charge in [-0.15, -0.1) is 0 Å². The summed E-state index contributed by atoms with van der Waals surface area (Å²) in [5.74, 6) is 2.42. The fraction of sp³-hybridized carbons (Fsp3) is 0.194. The van der Waals surface area contributed by atoms with Crippen LogP contribution in [0.3, 0.4) is 0 Å². The van der Waals surface area contributed by atoms with Gasteiger partial charge in [0, 0.05) is 34.4 Å². The van der Waals surface area contributed by atoms with Gasteiger partial charge < -0.3 is 24.8 Å². The SMILES string of the molecule is O=C(CCCOc1ccc(Cl)cc1Cl)Nc1ccc(Oc2ccc(NCCCOc3ccc(Cl)cc3Cl)cc2)cc1. The predicted molar refractivity (Wildman–Crippen MR) is 168 cm³/mol. The second kappa shape index (κ2) is 15.6. The van der Waals surface area contributed by atoms with E-state index in [1.807, 2.05) is 24.3 Å². The molecule has 0 aliphatic rings. The van der Waals surface area contributed by atoms with Gasteiger partial charge in [-0.25, -0.2) is 0 Å². The van der Waals surface area contributed by atoms with Crippen molar-refractivity contribution in [2.75, 3.05) is 30.4 Å². The standard InChI is InChI=1S/C31H28Cl4N2O4/c32-21-4-14-29(27(34)19-21)39-17-1-3-31(38)37-24-8-12-26(13-9-24)41-25-10-6-23(7-11-25)36-16-2-18-40-30-15-5-22(33)20-28(30)35/h4-15,19-20,36H,1-3,16-18H2,(H,37,38). The Bertz CT molecular complexity index is 1430. The summed E-state index contributed by atoms with van der Waals surface area (Å²) in [5, 5.41) is 8.29. The molecule has 0 atom stereocenters. The van der Waals surface area contributed by atoms with Gasteiger partial charge in [-0.1, -0.05) is 46.4 Å². The molecule has 0 heterocycles. The highest BCUT2D eigenvalue weighted by Gasteiger charge is 2.06. The lowest BCUT2D eigenvalue weighted by molar-refractivity contribution is -0.116. The number of halogens is 4. The van der Waals surface area contributed by atoms with E-state index in [-0.39, 0.29) is 5.91 Å². The summed E-state index contributed by atoms with van der Waals surface area (Å²) in [6, 6.07) is 25.1. The maximum atomic E-state index is 12.3. The van der Waals surface area contributed by atoms with Crippen LogP contribution in [0.25, 0.3) is 0 Å². The van der Waals surface area contributed by atoms with E-state index in [4.69, 9.17) is 60.6 Å². The normalized spacial score (nSPS) is 10.6. The van der Waals surface area contributed by atoms with Gasteiger partial charge in [0.2, 0.25) is 5.91 Å². The molecule has 1 amide bonds. The van der Waals surface area contributed by atoms with E-state index >= 15 is 0 Å². The summed E-state index contributed by atoms with van der Waals surface area (Å²) in [6.45, 7) is 1.63. The Labute approximate surface area is 259 Å². The summed E-state index contributed by atoms with van der Waals surface area (Å²) in [4.78, 5) is 12.3. The molecular formula is C31H28Cl4N2O4. The van der Waals surface area contributed by atoms with E-state index in [9.17, 15) is 4.79 Å². The zero-order valence-corrected chi connectivity index (χ0v) is 25.0. The molecule has 0 unspecified atom stereocenters. The lowest BCUT2D eigenvalue weighted by atomic mass is 10.2. The number of benzene rings is 4. The first-order valence-corrected chi connectivity index (χ1v) is 14.4. The van der Waals surface area contributed by atoms with Crippen molar-refractivity contribution in [1.82, 2.24) is 0 Å². The third kappa shape index (κ3) is 10.2. The summed E-state index contributed by atoms with van der Waals surface area (Å²) in [5.41, 5.74) is 1.66. The van der Waals surface area contributed by atoms with Crippen molar-refractivity contribution in [2.45, 2.75) is 19.3 Å². The van der Waals surface area contributed by atoms with Crippen LogP contribution in [0.1, 0.15) is 19.3 Å². The van der Waals surface area contributed by atoms with Crippen LogP contribution in [0.2, 0.25) is 20.1 Å². The number of hydrogen-bond donors (Lipinski definition) is 2. The smallest absolute Gasteiger partial charge is 0.224 e. The van der Waals surface area contributed by atoms with Gasteiger partial charge in [0.15, 0.2) is 0 Å². The van der Waals surface area contributed by atoms with Gasteiger partial charge in [-0.3, -0.25) is 4.79 Å². The number of rotatable bonds is 14. The molecule has 4 aromatic rings. The largest absolute Gasteiger partial charge is 0.492 e. The molecule has 0 fully saturated rings. The van der Waals surface area contributed by atoms with Gasteiger partial charge in [0.1, 0.15) is 23.0 Å². The molecule has 4 aromatic carbocycles. The lowest BCUT2D eigenvalue weighted by Gasteiger charge is -2.11. The minimum atomic E-state index is -0.104. The van der Waals surface area contributed by atoms with Crippen molar-refractivity contribution in [3.05, 3.63) is 105 Å². The minimum absolute atomic E-state index is 0.104. The molecule has 0 aliphatic heterocycles. The Balaban J connectivity index is 1.12. The summed E-state index contributed by atoms with van der Waals surface area (Å²) in [7, 11) is 0. The van der Waals surface area contributed by atoms with Crippen LogP contribution in [0.15, 0.2) is 84.9 Å². The predicted octanol–water partition coefficient (Wildman–Crippen LogP) is 9.77. The zero-order valence-electron chi connectivity index (χ0n) is 22.0. The Hall–Kier alpha value is -3.29. The first kappa shape index (κ1) is 30.7. The molecule has 0 saturated heterocycles. The van der Waals surface area contributed by atoms with Gasteiger partial charge in [0.05, 0.1) is 23.3 Å². The number of ether oxygens (including phenoxy) is 3. The maximum Gasteiger partial charge on any atom is 0.224 e. The zero-order chi connectivity index (χ0) is 29.0. The monoisotopic (exact) mass is 632 g/mol. The number of carbonyl (C=O) groups excluding carboxylic acids is 1. The molecule has 4 rings (SSSR count). The average molecular weight is 634 g/mol. The van der Waals surface area contributed by atoms with Crippen LogP contribution >= 0.6 is 46.4 Å². The quantitative estimate of drug-likeness (QED) is 0.135. The van der Waals surface area contributed by atoms with Crippen molar-refractivity contribution in [3.8, 4) is 23.0 Å². The van der Waals surface area contributed by atoms with Crippen molar-refractivity contribution in [3.63, 3.8) is 0 Å². The second-order valence-electron chi connectivity index (χ2n) is 8.93. The molecule has 0 aromatic heterocycles. The van der Waals surface area contributed by atoms with Crippen LogP contribution in [0.5, 0.6) is 23.0 Å². The van der Waals surface area contributed by atoms with Crippen molar-refractivity contribution in [2.24, 2.45) is 0 Å². The molecular weight excluding hydrogens is 606 g/mol. The second-order valence-corrected chi connectivity index (χ2v) is 10.6. The van der Waals surface area contributed by atoms with Crippen LogP contribution in [0, 0.1) is 0 Å². The Morgan fingerprint density at radius 1 is 0.634 bits per heavy atom. The van der Waals surface area contributed by atoms with Crippen LogP contribution in [-0.4, -0.2) is 25.7 Å². The fourth-order valence-electron chi connectivity index (χ4n) is 3.69. The molecule has 41 heavy (non-hydrogen) atoms. The van der Waals surface area contributed by atoms with Gasteiger partial charge in [0.25, 0.3) is 0 Å². The first-order valence-electron chi connectivity index (χ1n) is 12.9. The minimum Gasteiger partial charge on any atom is -0.492 e. The van der Waals surface area contributed by atoms with E-state index in [0.717, 1.165) is 18.7 Å². The number of anilines is 2. The topological polar surface area (TPSA) is 68.8 Å². The first-order chi connectivity index (χ1) is 19.9. The Morgan fingerprint density at radius 3 is 1.68 bits per heavy atom. The maximum absolute atomic E-state index is 12.3.